The fraction of sp³-hybridized carbons (Fsp3) is 0.738. The van der Waals surface area contributed by atoms with Gasteiger partial charge >= 0.3 is 0 Å². The summed E-state index contributed by atoms with van der Waals surface area (Å²) in [5, 5.41) is 121. The maximum Gasteiger partial charge on any atom is 0.220 e. The summed E-state index contributed by atoms with van der Waals surface area (Å²) in [5.74, 6) is -0.261. The van der Waals surface area contributed by atoms with E-state index in [1.165, 1.54) is 83.5 Å². The topological polar surface area (TPSA) is 307 Å². The number of aliphatic hydroxyl groups is 11. The molecule has 3 saturated heterocycles. The van der Waals surface area contributed by atoms with Crippen LogP contribution in [-0.2, 0) is 33.2 Å². The van der Waals surface area contributed by atoms with E-state index >= 15 is 0 Å². The Labute approximate surface area is 595 Å². The first kappa shape index (κ1) is 89.4. The molecular formula is C80H135NO18. The van der Waals surface area contributed by atoms with Crippen LogP contribution in [0.4, 0.5) is 0 Å². The number of rotatable bonds is 58. The monoisotopic (exact) mass is 1400 g/mol. The molecule has 3 aliphatic heterocycles. The van der Waals surface area contributed by atoms with E-state index in [1.54, 1.807) is 0 Å². The number of hydrogen-bond acceptors (Lipinski definition) is 18. The van der Waals surface area contributed by atoms with Gasteiger partial charge in [-0.3, -0.25) is 4.79 Å². The molecule has 1 amide bonds. The number of hydrogen-bond donors (Lipinski definition) is 12. The highest BCUT2D eigenvalue weighted by Crippen LogP contribution is 2.33. The molecule has 0 bridgehead atoms. The minimum Gasteiger partial charge on any atom is -0.394 e. The second-order valence-electron chi connectivity index (χ2n) is 26.7. The van der Waals surface area contributed by atoms with Crippen LogP contribution in [0.15, 0.2) is 122 Å². The minimum atomic E-state index is -1.98. The molecule has 12 N–H and O–H groups in total. The number of amides is 1. The van der Waals surface area contributed by atoms with Crippen molar-refractivity contribution in [1.82, 2.24) is 5.32 Å². The van der Waals surface area contributed by atoms with Crippen LogP contribution in [-0.4, -0.2) is 193 Å². The first-order valence-corrected chi connectivity index (χ1v) is 38.3. The zero-order valence-corrected chi connectivity index (χ0v) is 60.4. The minimum absolute atomic E-state index is 0.242. The summed E-state index contributed by atoms with van der Waals surface area (Å²) in [5.41, 5.74) is 0. The molecular weight excluding hydrogens is 1260 g/mol. The van der Waals surface area contributed by atoms with Crippen LogP contribution in [0.25, 0.3) is 0 Å². The van der Waals surface area contributed by atoms with E-state index in [0.29, 0.717) is 12.8 Å². The summed E-state index contributed by atoms with van der Waals surface area (Å²) in [7, 11) is 0. The van der Waals surface area contributed by atoms with Crippen molar-refractivity contribution in [3.05, 3.63) is 122 Å². The van der Waals surface area contributed by atoms with Crippen molar-refractivity contribution in [1.29, 1.82) is 0 Å². The number of aliphatic hydroxyl groups excluding tert-OH is 11. The van der Waals surface area contributed by atoms with Gasteiger partial charge in [-0.1, -0.05) is 270 Å². The molecule has 0 aromatic carbocycles. The van der Waals surface area contributed by atoms with Gasteiger partial charge in [0.05, 0.1) is 38.6 Å². The standard InChI is InChI=1S/C80H135NO18/c1-3-5-7-9-11-13-15-17-19-21-22-23-24-25-26-27-28-29-30-31-32-33-34-35-36-37-38-39-40-42-44-46-48-50-52-54-56-58-68(86)81-63(64(85)57-55-53-51-49-47-45-43-41-20-18-16-14-12-10-8-6-4-2)62-94-78-74(92)71(89)76(66(60-83)96-78)99-80-75(93)72(90)77(67(61-84)97-80)98-79-73(91)70(88)69(87)65(59-82)95-79/h5,7,11,13,17,19,22-23,25-26,28-29,31-32,34-35,37-38,40,42,63-67,69-80,82-85,87-93H,3-4,6,8-10,12,14-16,18,20-21,24,27,30,33,36,39,41,43-62H2,1-2H3,(H,81,86)/b7-5-,13-11-,19-17-,23-22-,26-25-,29-28-,32-31-,35-34-,38-37-,42-40-. The quantitative estimate of drug-likeness (QED) is 0.0199. The van der Waals surface area contributed by atoms with Gasteiger partial charge in [-0.05, 0) is 89.9 Å². The Morgan fingerprint density at radius 2 is 0.697 bits per heavy atom. The van der Waals surface area contributed by atoms with Crippen LogP contribution in [0.1, 0.15) is 245 Å². The molecule has 0 aromatic rings. The Balaban J connectivity index is 1.37. The molecule has 0 aromatic heterocycles. The van der Waals surface area contributed by atoms with Crippen LogP contribution >= 0.6 is 0 Å². The van der Waals surface area contributed by atoms with Gasteiger partial charge in [-0.25, -0.2) is 0 Å². The van der Waals surface area contributed by atoms with Crippen molar-refractivity contribution in [3.8, 4) is 0 Å². The fourth-order valence-corrected chi connectivity index (χ4v) is 12.2. The van der Waals surface area contributed by atoms with Crippen molar-refractivity contribution in [2.75, 3.05) is 26.4 Å². The zero-order valence-electron chi connectivity index (χ0n) is 60.4. The molecule has 0 spiro atoms. The Morgan fingerprint density at radius 1 is 0.374 bits per heavy atom. The first-order valence-electron chi connectivity index (χ1n) is 38.3. The lowest BCUT2D eigenvalue weighted by atomic mass is 9.96. The van der Waals surface area contributed by atoms with Crippen molar-refractivity contribution in [2.45, 2.75) is 349 Å². The number of carbonyl (C=O) groups is 1. The molecule has 19 nitrogen and oxygen atoms in total. The maximum atomic E-state index is 13.5. The van der Waals surface area contributed by atoms with Crippen molar-refractivity contribution in [2.24, 2.45) is 0 Å². The van der Waals surface area contributed by atoms with Crippen LogP contribution in [0, 0.1) is 0 Å². The Kier molecular flexibility index (Phi) is 53.8. The van der Waals surface area contributed by atoms with E-state index in [0.717, 1.165) is 128 Å². The molecule has 0 saturated carbocycles. The summed E-state index contributed by atoms with van der Waals surface area (Å²) in [6.07, 6.45) is 55.6. The third-order valence-corrected chi connectivity index (χ3v) is 18.3. The van der Waals surface area contributed by atoms with Gasteiger partial charge in [0.15, 0.2) is 18.9 Å². The van der Waals surface area contributed by atoms with Gasteiger partial charge < -0.3 is 89.9 Å². The molecule has 0 aliphatic carbocycles. The predicted molar refractivity (Wildman–Crippen MR) is 392 cm³/mol. The van der Waals surface area contributed by atoms with Gasteiger partial charge in [0, 0.05) is 6.42 Å². The SMILES string of the molecule is CC/C=C\C/C=C\C/C=C\C/C=C\C/C=C\C/C=C\C/C=C\C/C=C\C/C=C\C/C=C\CCCCCCCCC(=O)NC(COC1OC(CO)C(OC2OC(CO)C(OC3OC(CO)C(O)C(O)C3O)C(O)C2O)C(O)C1O)C(O)CCCCCCCCCCCCCCCCCCC. The van der Waals surface area contributed by atoms with E-state index in [2.05, 4.69) is 141 Å². The summed E-state index contributed by atoms with van der Waals surface area (Å²) in [6.45, 7) is 1.67. The molecule has 3 rings (SSSR count). The second-order valence-corrected chi connectivity index (χ2v) is 26.7. The number of allylic oxidation sites excluding steroid dienone is 20. The average Bonchev–Trinajstić information content (AvgIpc) is 0.786. The van der Waals surface area contributed by atoms with Gasteiger partial charge in [-0.15, -0.1) is 0 Å². The van der Waals surface area contributed by atoms with E-state index < -0.39 is 124 Å². The average molecular weight is 1400 g/mol. The molecule has 99 heavy (non-hydrogen) atoms. The van der Waals surface area contributed by atoms with E-state index in [-0.39, 0.29) is 18.9 Å². The van der Waals surface area contributed by atoms with Crippen LogP contribution in [0.2, 0.25) is 0 Å². The van der Waals surface area contributed by atoms with Crippen LogP contribution in [0.5, 0.6) is 0 Å². The van der Waals surface area contributed by atoms with Crippen molar-refractivity contribution in [3.63, 3.8) is 0 Å². The number of carbonyl (C=O) groups excluding carboxylic acids is 1. The molecule has 0 radical (unpaired) electrons. The molecule has 3 heterocycles. The lowest BCUT2D eigenvalue weighted by Crippen LogP contribution is -2.66. The van der Waals surface area contributed by atoms with Crippen molar-refractivity contribution < 1.29 is 89.4 Å². The summed E-state index contributed by atoms with van der Waals surface area (Å²) < 4.78 is 34.4. The fourth-order valence-electron chi connectivity index (χ4n) is 12.2. The van der Waals surface area contributed by atoms with E-state index in [4.69, 9.17) is 28.4 Å². The first-order chi connectivity index (χ1) is 48.3. The van der Waals surface area contributed by atoms with Gasteiger partial charge in [0.25, 0.3) is 0 Å². The molecule has 3 aliphatic rings. The number of ether oxygens (including phenoxy) is 6. The lowest BCUT2D eigenvalue weighted by molar-refractivity contribution is -0.379. The van der Waals surface area contributed by atoms with E-state index in [9.17, 15) is 61.0 Å². The maximum absolute atomic E-state index is 13.5. The highest BCUT2D eigenvalue weighted by atomic mass is 16.8. The molecule has 3 fully saturated rings. The number of nitrogens with one attached hydrogen (secondary N) is 1. The smallest absolute Gasteiger partial charge is 0.220 e. The Hall–Kier alpha value is -3.81. The molecule has 19 heteroatoms. The van der Waals surface area contributed by atoms with Gasteiger partial charge in [0.2, 0.25) is 5.91 Å². The largest absolute Gasteiger partial charge is 0.394 e. The second kappa shape index (κ2) is 59.6. The summed E-state index contributed by atoms with van der Waals surface area (Å²) in [6, 6.07) is -0.905. The highest BCUT2D eigenvalue weighted by molar-refractivity contribution is 5.76. The van der Waals surface area contributed by atoms with Gasteiger partial charge in [-0.2, -0.15) is 0 Å². The number of unbranched alkanes of at least 4 members (excludes halogenated alkanes) is 22. The van der Waals surface area contributed by atoms with Crippen LogP contribution in [0.3, 0.4) is 0 Å². The highest BCUT2D eigenvalue weighted by Gasteiger charge is 2.53. The van der Waals surface area contributed by atoms with Gasteiger partial charge in [0.1, 0.15) is 73.2 Å². The third-order valence-electron chi connectivity index (χ3n) is 18.3. The Morgan fingerprint density at radius 3 is 1.09 bits per heavy atom. The zero-order chi connectivity index (χ0) is 71.8. The molecule has 568 valence electrons. The molecule has 17 unspecified atom stereocenters. The van der Waals surface area contributed by atoms with E-state index in [1.807, 2.05) is 0 Å². The normalized spacial score (nSPS) is 27.3. The lowest BCUT2D eigenvalue weighted by Gasteiger charge is -2.48. The predicted octanol–water partition coefficient (Wildman–Crippen LogP) is 11.9. The van der Waals surface area contributed by atoms with Crippen molar-refractivity contribution >= 4 is 5.91 Å². The Bertz CT molecular complexity index is 2260. The summed E-state index contributed by atoms with van der Waals surface area (Å²) in [4.78, 5) is 13.5. The molecule has 17 atom stereocenters. The summed E-state index contributed by atoms with van der Waals surface area (Å²) >= 11 is 0. The third kappa shape index (κ3) is 40.2. The van der Waals surface area contributed by atoms with Crippen LogP contribution < -0.4 is 5.32 Å².